The number of thiol groups is 1. The molecule has 0 spiro atoms. The van der Waals surface area contributed by atoms with Crippen molar-refractivity contribution < 1.29 is 76.2 Å². The van der Waals surface area contributed by atoms with E-state index in [0.717, 1.165) is 31.2 Å². The molecule has 3 aliphatic carbocycles. The largest absolute Gasteiger partial charge is 0.461 e. The first kappa shape index (κ1) is 52.9. The number of hydrogen-bond donors (Lipinski definition) is 3. The monoisotopic (exact) mass is 1000 g/mol. The van der Waals surface area contributed by atoms with Crippen molar-refractivity contribution in [3.8, 4) is 0 Å². The third-order valence-corrected chi connectivity index (χ3v) is 14.9. The number of ether oxygens (including phenoxy) is 7. The van der Waals surface area contributed by atoms with Gasteiger partial charge < -0.3 is 43.6 Å². The van der Waals surface area contributed by atoms with E-state index >= 15 is 9.59 Å². The molecule has 1 aliphatic heterocycles. The highest BCUT2D eigenvalue weighted by Gasteiger charge is 2.79. The Hall–Kier alpha value is -5.95. The summed E-state index contributed by atoms with van der Waals surface area (Å²) < 4.78 is 57.9. The minimum atomic E-state index is -2.49. The van der Waals surface area contributed by atoms with Gasteiger partial charge in [-0.15, -0.1) is 0 Å². The number of carbonyl (C=O) groups is 7. The Balaban J connectivity index is 1.46. The van der Waals surface area contributed by atoms with Gasteiger partial charge in [0.15, 0.2) is 23.6 Å². The van der Waals surface area contributed by atoms with Crippen LogP contribution in [0.3, 0.4) is 0 Å². The van der Waals surface area contributed by atoms with Gasteiger partial charge in [-0.2, -0.15) is 12.6 Å². The predicted molar refractivity (Wildman–Crippen MR) is 254 cm³/mol. The van der Waals surface area contributed by atoms with Crippen molar-refractivity contribution in [3.05, 3.63) is 119 Å². The van der Waals surface area contributed by atoms with Crippen LogP contribution in [-0.2, 0) is 57.1 Å². The van der Waals surface area contributed by atoms with Crippen LogP contribution in [0.4, 0.5) is 4.39 Å². The summed E-state index contributed by atoms with van der Waals surface area (Å²) in [7, 11) is 0. The Bertz CT molecular complexity index is 2560. The Morgan fingerprint density at radius 3 is 2.10 bits per heavy atom. The van der Waals surface area contributed by atoms with Gasteiger partial charge >= 0.3 is 29.8 Å². The van der Waals surface area contributed by atoms with Gasteiger partial charge in [-0.05, 0) is 73.9 Å². The van der Waals surface area contributed by atoms with Gasteiger partial charge in [0.05, 0.1) is 36.0 Å². The zero-order valence-corrected chi connectivity index (χ0v) is 41.5. The molecule has 2 N–H and O–H groups in total. The molecular formula is C53H60FNO15S. The first-order chi connectivity index (χ1) is 33.7. The lowest BCUT2D eigenvalue weighted by Gasteiger charge is -2.67. The Kier molecular flexibility index (Phi) is 15.7. The highest BCUT2D eigenvalue weighted by atomic mass is 32.1. The molecule has 380 valence electrons. The number of esters is 5. The molecule has 0 radical (unpaired) electrons. The average molecular weight is 1000 g/mol. The molecule has 71 heavy (non-hydrogen) atoms. The van der Waals surface area contributed by atoms with Crippen LogP contribution in [0, 0.1) is 22.6 Å². The first-order valence-electron chi connectivity index (χ1n) is 23.7. The van der Waals surface area contributed by atoms with Gasteiger partial charge in [0.2, 0.25) is 0 Å². The lowest BCUT2D eigenvalue weighted by atomic mass is 9.44. The van der Waals surface area contributed by atoms with E-state index in [1.807, 2.05) is 0 Å². The van der Waals surface area contributed by atoms with Gasteiger partial charge in [-0.25, -0.2) is 14.0 Å². The minimum absolute atomic E-state index is 0.0141. The highest BCUT2D eigenvalue weighted by molar-refractivity contribution is 7.80. The number of fused-ring (bicyclic) bond motifs is 5. The maximum absolute atomic E-state index is 16.2. The van der Waals surface area contributed by atoms with E-state index < -0.39 is 124 Å². The number of ketones is 1. The summed E-state index contributed by atoms with van der Waals surface area (Å²) in [4.78, 5) is 100. The molecule has 3 aromatic rings. The molecule has 1 heterocycles. The Morgan fingerprint density at radius 2 is 1.52 bits per heavy atom. The molecule has 3 aromatic carbocycles. The van der Waals surface area contributed by atoms with E-state index in [4.69, 9.17) is 33.2 Å². The number of hydrogen-bond acceptors (Lipinski definition) is 16. The van der Waals surface area contributed by atoms with Crippen LogP contribution in [0.5, 0.6) is 0 Å². The second-order valence-corrected chi connectivity index (χ2v) is 19.5. The fourth-order valence-electron chi connectivity index (χ4n) is 11.0. The second kappa shape index (κ2) is 21.0. The Labute approximate surface area is 416 Å². The average Bonchev–Trinajstić information content (AvgIpc) is 3.33. The van der Waals surface area contributed by atoms with E-state index in [-0.39, 0.29) is 54.9 Å². The Morgan fingerprint density at radius 1 is 0.873 bits per heavy atom. The lowest BCUT2D eigenvalue weighted by molar-refractivity contribution is -0.346. The topological polar surface area (TPSA) is 216 Å². The van der Waals surface area contributed by atoms with E-state index in [2.05, 4.69) is 17.9 Å². The molecule has 16 nitrogen and oxygen atoms in total. The molecule has 2 saturated carbocycles. The molecule has 1 unspecified atom stereocenters. The third-order valence-electron chi connectivity index (χ3n) is 14.7. The fourth-order valence-corrected chi connectivity index (χ4v) is 11.2. The first-order valence-corrected chi connectivity index (χ1v) is 24.3. The number of carbonyl (C=O) groups excluding carboxylic acids is 7. The molecule has 4 aliphatic rings. The molecular weight excluding hydrogens is 942 g/mol. The number of aliphatic hydroxyl groups is 1. The lowest BCUT2D eigenvalue weighted by Crippen LogP contribution is -2.82. The maximum atomic E-state index is 16.2. The predicted octanol–water partition coefficient (Wildman–Crippen LogP) is 6.18. The van der Waals surface area contributed by atoms with Gasteiger partial charge in [-0.1, -0.05) is 69.3 Å². The van der Waals surface area contributed by atoms with Crippen LogP contribution in [-0.4, -0.2) is 113 Å². The molecule has 2 bridgehead atoms. The van der Waals surface area contributed by atoms with Crippen molar-refractivity contribution in [2.24, 2.45) is 16.7 Å². The fraction of sp³-hybridized carbons (Fsp3) is 0.491. The van der Waals surface area contributed by atoms with E-state index in [1.54, 1.807) is 95.3 Å². The molecule has 18 heteroatoms. The number of Topliss-reactive ketones (excluding diaryl/α,β-unsaturated/α-hetero) is 1. The smallest absolute Gasteiger partial charge is 0.338 e. The number of amides is 1. The van der Waals surface area contributed by atoms with Gasteiger partial charge in [-0.3, -0.25) is 24.0 Å². The van der Waals surface area contributed by atoms with Crippen LogP contribution in [0.25, 0.3) is 0 Å². The van der Waals surface area contributed by atoms with Crippen LogP contribution in [0.15, 0.2) is 96.1 Å². The van der Waals surface area contributed by atoms with Crippen molar-refractivity contribution >= 4 is 54.2 Å². The van der Waals surface area contributed by atoms with Gasteiger partial charge in [0, 0.05) is 49.5 Å². The van der Waals surface area contributed by atoms with Crippen LogP contribution >= 0.6 is 12.6 Å². The minimum Gasteiger partial charge on any atom is -0.461 e. The van der Waals surface area contributed by atoms with Crippen molar-refractivity contribution in [1.29, 1.82) is 0 Å². The molecule has 7 rings (SSSR count). The van der Waals surface area contributed by atoms with Crippen LogP contribution in [0.2, 0.25) is 0 Å². The van der Waals surface area contributed by atoms with Crippen molar-refractivity contribution in [3.63, 3.8) is 0 Å². The molecule has 11 atom stereocenters. The number of halogens is 1. The summed E-state index contributed by atoms with van der Waals surface area (Å²) in [5, 5.41) is 17.0. The summed E-state index contributed by atoms with van der Waals surface area (Å²) in [6, 6.07) is 20.2. The maximum Gasteiger partial charge on any atom is 0.338 e. The molecule has 1 saturated heterocycles. The van der Waals surface area contributed by atoms with Gasteiger partial charge in [0.25, 0.3) is 5.91 Å². The van der Waals surface area contributed by atoms with E-state index in [1.165, 1.54) is 6.92 Å². The van der Waals surface area contributed by atoms with E-state index in [0.29, 0.717) is 11.1 Å². The number of benzene rings is 3. The summed E-state index contributed by atoms with van der Waals surface area (Å²) in [6.45, 7) is 10.0. The van der Waals surface area contributed by atoms with E-state index in [9.17, 15) is 33.5 Å². The summed E-state index contributed by atoms with van der Waals surface area (Å²) >= 11 is 4.23. The zero-order valence-electron chi connectivity index (χ0n) is 40.6. The van der Waals surface area contributed by atoms with Crippen molar-refractivity contribution in [2.45, 2.75) is 128 Å². The SMILES string of the molecule is CCO[C@@H](C(=O)O[C@H]1C[C@@]2(O)[C@@H](OC(=O)c3ccc(F)cc3)C3[C@](C)(C(=O)[C@H](OC(=O)CCS)C(=C1C)C2(C)C)[C@@H](OC(=O)CC)C[C@H]1OC[C@@]31OC(C)=O)[C@@H](NC(=O)c1ccccc1)c1ccccc1. The van der Waals surface area contributed by atoms with Crippen molar-refractivity contribution in [1.82, 2.24) is 5.32 Å². The van der Waals surface area contributed by atoms with Crippen molar-refractivity contribution in [2.75, 3.05) is 19.0 Å². The molecule has 0 aromatic heterocycles. The van der Waals surface area contributed by atoms with Crippen LogP contribution in [0.1, 0.15) is 106 Å². The van der Waals surface area contributed by atoms with Gasteiger partial charge in [0.1, 0.15) is 35.8 Å². The zero-order chi connectivity index (χ0) is 51.6. The van der Waals surface area contributed by atoms with Crippen LogP contribution < -0.4 is 5.32 Å². The second-order valence-electron chi connectivity index (χ2n) is 19.1. The third kappa shape index (κ3) is 9.75. The molecule has 1 amide bonds. The summed E-state index contributed by atoms with van der Waals surface area (Å²) in [6.07, 6.45) is -10.6. The summed E-state index contributed by atoms with van der Waals surface area (Å²) in [5.74, 6) is -8.24. The molecule has 3 fully saturated rings. The summed E-state index contributed by atoms with van der Waals surface area (Å²) in [5.41, 5.74) is -7.49. The standard InChI is InChI=1S/C53H60FNO15S/c1-8-38(57)67-36-26-37-52(28-65-37,70-30(4)56)44-46(69-48(61)33-20-22-34(54)23-21-33)53(63)27-35(29(3)40(50(53,5)6)42(45(59)51(36,44)7)68-39(58)24-25-71)66-49(62)43(64-9-2)41(31-16-12-10-13-17-31)55-47(60)32-18-14-11-15-19-32/h10-23,35-37,41-44,46,63,71H,8-9,24-28H2,1-7H3,(H,55,60)/t35-,36-,37+,41-,42+,43+,44?,46-,51+,52-,53+/m0/s1. The highest BCUT2D eigenvalue weighted by Crippen LogP contribution is 2.65. The number of rotatable bonds is 16. The normalized spacial score (nSPS) is 29.2. The quantitative estimate of drug-likeness (QED) is 0.0632. The number of nitrogens with one attached hydrogen (secondary N) is 1.